The van der Waals surface area contributed by atoms with Crippen LogP contribution in [-0.4, -0.2) is 33.9 Å². The molecule has 2 unspecified atom stereocenters. The summed E-state index contributed by atoms with van der Waals surface area (Å²) in [6.07, 6.45) is 2.71. The predicted octanol–water partition coefficient (Wildman–Crippen LogP) is 2.83. The summed E-state index contributed by atoms with van der Waals surface area (Å²) in [6.45, 7) is 1.77. The van der Waals surface area contributed by atoms with Crippen LogP contribution in [0.25, 0.3) is 0 Å². The molecule has 130 valence electrons. The Balaban J connectivity index is 1.70. The number of rotatable bonds is 1. The summed E-state index contributed by atoms with van der Waals surface area (Å²) in [7, 11) is 0. The number of carbonyl (C=O) groups is 1. The number of hydrogen-bond donors (Lipinski definition) is 2. The number of aliphatic hydroxyl groups excluding tert-OH is 1. The van der Waals surface area contributed by atoms with Crippen LogP contribution < -0.4 is 10.1 Å². The molecule has 1 aromatic rings. The van der Waals surface area contributed by atoms with Crippen molar-refractivity contribution in [3.63, 3.8) is 0 Å². The molecule has 1 aromatic carbocycles. The predicted molar refractivity (Wildman–Crippen MR) is 81.4 cm³/mol. The highest BCUT2D eigenvalue weighted by Gasteiger charge is 2.52. The highest BCUT2D eigenvalue weighted by atomic mass is 19.1. The van der Waals surface area contributed by atoms with Gasteiger partial charge in [-0.15, -0.1) is 0 Å². The summed E-state index contributed by atoms with van der Waals surface area (Å²) in [5.74, 6) is -1.43. The van der Waals surface area contributed by atoms with E-state index in [9.17, 15) is 18.7 Å². The summed E-state index contributed by atoms with van der Waals surface area (Å²) in [5, 5.41) is 12.5. The van der Waals surface area contributed by atoms with Crippen molar-refractivity contribution >= 4 is 6.03 Å². The van der Waals surface area contributed by atoms with Gasteiger partial charge in [-0.3, -0.25) is 4.90 Å². The van der Waals surface area contributed by atoms with Gasteiger partial charge in [0, 0.05) is 24.1 Å². The summed E-state index contributed by atoms with van der Waals surface area (Å²) < 4.78 is 33.6. The Morgan fingerprint density at radius 1 is 1.29 bits per heavy atom. The fourth-order valence-electron chi connectivity index (χ4n) is 4.28. The minimum Gasteiger partial charge on any atom is -0.465 e. The lowest BCUT2D eigenvalue weighted by Crippen LogP contribution is -2.67. The molecule has 3 aliphatic rings. The number of halogens is 2. The van der Waals surface area contributed by atoms with Gasteiger partial charge in [0.05, 0.1) is 12.1 Å². The van der Waals surface area contributed by atoms with E-state index >= 15 is 0 Å². The summed E-state index contributed by atoms with van der Waals surface area (Å²) >= 11 is 0. The lowest BCUT2D eigenvalue weighted by atomic mass is 9.85. The van der Waals surface area contributed by atoms with Gasteiger partial charge in [0.15, 0.2) is 17.3 Å². The molecule has 7 heteroatoms. The lowest BCUT2D eigenvalue weighted by Gasteiger charge is -2.54. The van der Waals surface area contributed by atoms with E-state index in [2.05, 4.69) is 5.32 Å². The van der Waals surface area contributed by atoms with E-state index in [1.807, 2.05) is 0 Å². The van der Waals surface area contributed by atoms with Gasteiger partial charge in [-0.05, 0) is 38.7 Å². The van der Waals surface area contributed by atoms with Gasteiger partial charge in [0.2, 0.25) is 0 Å². The molecule has 2 aliphatic heterocycles. The van der Waals surface area contributed by atoms with Crippen LogP contribution in [0.3, 0.4) is 0 Å². The molecule has 2 fully saturated rings. The van der Waals surface area contributed by atoms with Crippen molar-refractivity contribution in [1.29, 1.82) is 0 Å². The largest absolute Gasteiger partial charge is 0.465 e. The van der Waals surface area contributed by atoms with Crippen LogP contribution in [0, 0.1) is 11.6 Å². The maximum Gasteiger partial charge on any atom is 0.321 e. The number of urea groups is 1. The second-order valence-corrected chi connectivity index (χ2v) is 7.12. The third-order valence-electron chi connectivity index (χ3n) is 5.37. The molecule has 0 radical (unpaired) electrons. The summed E-state index contributed by atoms with van der Waals surface area (Å²) in [4.78, 5) is 14.3. The van der Waals surface area contributed by atoms with Crippen molar-refractivity contribution in [3.05, 3.63) is 29.3 Å². The van der Waals surface area contributed by atoms with Crippen LogP contribution in [-0.2, 0) is 0 Å². The number of carbonyl (C=O) groups excluding carboxylic acids is 1. The standard InChI is InChI=1S/C17H20F2N2O3/c1-17-8-14(12-6-9(18)7-13(19)15(12)24-17)20-16(23)21(17)10-2-4-11(22)5-3-10/h6-7,10-11,14,22H,2-5,8H2,1H3,(H,20,23). The van der Waals surface area contributed by atoms with Crippen molar-refractivity contribution in [1.82, 2.24) is 10.2 Å². The lowest BCUT2D eigenvalue weighted by molar-refractivity contribution is -0.112. The smallest absolute Gasteiger partial charge is 0.321 e. The van der Waals surface area contributed by atoms with E-state index in [-0.39, 0.29) is 23.9 Å². The molecular weight excluding hydrogens is 318 g/mol. The molecule has 24 heavy (non-hydrogen) atoms. The fourth-order valence-corrected chi connectivity index (χ4v) is 4.28. The Bertz CT molecular complexity index is 691. The van der Waals surface area contributed by atoms with Crippen LogP contribution in [0.15, 0.2) is 12.1 Å². The molecule has 2 heterocycles. The number of ether oxygens (including phenoxy) is 1. The van der Waals surface area contributed by atoms with Crippen molar-refractivity contribution in [2.24, 2.45) is 0 Å². The van der Waals surface area contributed by atoms with Gasteiger partial charge in [-0.1, -0.05) is 0 Å². The minimum absolute atomic E-state index is 0.0102. The van der Waals surface area contributed by atoms with Crippen LogP contribution in [0.4, 0.5) is 13.6 Å². The Morgan fingerprint density at radius 3 is 2.71 bits per heavy atom. The molecule has 2 amide bonds. The third-order valence-corrected chi connectivity index (χ3v) is 5.37. The molecule has 1 saturated carbocycles. The van der Waals surface area contributed by atoms with Crippen LogP contribution in [0.2, 0.25) is 0 Å². The molecule has 2 atom stereocenters. The monoisotopic (exact) mass is 338 g/mol. The van der Waals surface area contributed by atoms with Gasteiger partial charge in [-0.25, -0.2) is 13.6 Å². The van der Waals surface area contributed by atoms with E-state index in [1.165, 1.54) is 6.07 Å². The van der Waals surface area contributed by atoms with Crippen molar-refractivity contribution < 1.29 is 23.4 Å². The highest BCUT2D eigenvalue weighted by Crippen LogP contribution is 2.47. The van der Waals surface area contributed by atoms with E-state index in [4.69, 9.17) is 4.74 Å². The van der Waals surface area contributed by atoms with Gasteiger partial charge in [0.1, 0.15) is 5.82 Å². The molecular formula is C17H20F2N2O3. The first kappa shape index (κ1) is 15.6. The van der Waals surface area contributed by atoms with Gasteiger partial charge in [0.25, 0.3) is 0 Å². The van der Waals surface area contributed by atoms with E-state index in [1.54, 1.807) is 11.8 Å². The quantitative estimate of drug-likeness (QED) is 0.828. The second kappa shape index (κ2) is 5.31. The molecule has 2 bridgehead atoms. The maximum atomic E-state index is 14.2. The molecule has 0 spiro atoms. The first-order valence-corrected chi connectivity index (χ1v) is 8.33. The Morgan fingerprint density at radius 2 is 2.00 bits per heavy atom. The number of hydrogen-bond acceptors (Lipinski definition) is 3. The molecule has 1 aliphatic carbocycles. The SMILES string of the molecule is CC12CC(NC(=O)N1C1CCC(O)CC1)c1cc(F)cc(F)c1O2. The van der Waals surface area contributed by atoms with Crippen molar-refractivity contribution in [2.75, 3.05) is 0 Å². The Hall–Kier alpha value is -1.89. The zero-order valence-corrected chi connectivity index (χ0v) is 13.4. The summed E-state index contributed by atoms with van der Waals surface area (Å²) in [5.41, 5.74) is -0.636. The fraction of sp³-hybridized carbons (Fsp3) is 0.588. The van der Waals surface area contributed by atoms with Crippen LogP contribution in [0.1, 0.15) is 50.6 Å². The maximum absolute atomic E-state index is 14.2. The number of benzene rings is 1. The van der Waals surface area contributed by atoms with Gasteiger partial charge >= 0.3 is 6.03 Å². The van der Waals surface area contributed by atoms with Crippen molar-refractivity contribution in [3.8, 4) is 5.75 Å². The Labute approximate surface area is 138 Å². The topological polar surface area (TPSA) is 61.8 Å². The first-order valence-electron chi connectivity index (χ1n) is 8.33. The zero-order valence-electron chi connectivity index (χ0n) is 13.4. The number of nitrogens with zero attached hydrogens (tertiary/aromatic N) is 1. The zero-order chi connectivity index (χ0) is 17.1. The van der Waals surface area contributed by atoms with Crippen LogP contribution >= 0.6 is 0 Å². The highest BCUT2D eigenvalue weighted by molar-refractivity contribution is 5.77. The Kier molecular flexibility index (Phi) is 3.46. The van der Waals surface area contributed by atoms with E-state index in [0.29, 0.717) is 37.7 Å². The van der Waals surface area contributed by atoms with Gasteiger partial charge in [-0.2, -0.15) is 0 Å². The normalized spacial score (nSPS) is 35.1. The van der Waals surface area contributed by atoms with E-state index in [0.717, 1.165) is 6.07 Å². The van der Waals surface area contributed by atoms with E-state index < -0.39 is 23.4 Å². The molecule has 1 saturated heterocycles. The van der Waals surface area contributed by atoms with Crippen LogP contribution in [0.5, 0.6) is 5.75 Å². The molecule has 4 rings (SSSR count). The first-order chi connectivity index (χ1) is 11.4. The molecule has 0 aromatic heterocycles. The average molecular weight is 338 g/mol. The van der Waals surface area contributed by atoms with Crippen molar-refractivity contribution in [2.45, 2.75) is 62.9 Å². The number of nitrogens with one attached hydrogen (secondary N) is 1. The number of aliphatic hydroxyl groups is 1. The average Bonchev–Trinajstić information content (AvgIpc) is 2.50. The molecule has 5 nitrogen and oxygen atoms in total. The molecule has 2 N–H and O–H groups in total. The third kappa shape index (κ3) is 2.33. The second-order valence-electron chi connectivity index (χ2n) is 7.12. The number of amides is 2. The minimum atomic E-state index is -0.981. The number of fused-ring (bicyclic) bond motifs is 4. The van der Waals surface area contributed by atoms with Gasteiger partial charge < -0.3 is 15.2 Å². The summed E-state index contributed by atoms with van der Waals surface area (Å²) in [6, 6.07) is 1.19.